The number of rotatable bonds is 5. The Morgan fingerprint density at radius 2 is 2.30 bits per heavy atom. The van der Waals surface area contributed by atoms with Gasteiger partial charge in [-0.15, -0.1) is 0 Å². The van der Waals surface area contributed by atoms with Gasteiger partial charge in [-0.05, 0) is 30.7 Å². The van der Waals surface area contributed by atoms with E-state index >= 15 is 0 Å². The van der Waals surface area contributed by atoms with Crippen LogP contribution in [-0.2, 0) is 0 Å². The Morgan fingerprint density at radius 3 is 3.00 bits per heavy atom. The van der Waals surface area contributed by atoms with Crippen molar-refractivity contribution in [3.8, 4) is 0 Å². The van der Waals surface area contributed by atoms with Crippen LogP contribution in [0.15, 0.2) is 12.3 Å². The van der Waals surface area contributed by atoms with Crippen LogP contribution in [-0.4, -0.2) is 17.4 Å². The summed E-state index contributed by atoms with van der Waals surface area (Å²) in [4.78, 5) is 15.4. The van der Waals surface area contributed by atoms with Gasteiger partial charge < -0.3 is 16.8 Å². The molecule has 1 saturated carbocycles. The summed E-state index contributed by atoms with van der Waals surface area (Å²) >= 11 is 0. The van der Waals surface area contributed by atoms with Crippen molar-refractivity contribution in [2.45, 2.75) is 39.0 Å². The summed E-state index contributed by atoms with van der Waals surface area (Å²) in [5, 5.41) is 3.25. The zero-order valence-electron chi connectivity index (χ0n) is 12.1. The number of hydrogen-bond donors (Lipinski definition) is 3. The van der Waals surface area contributed by atoms with Gasteiger partial charge in [0.25, 0.3) is 5.91 Å². The standard InChI is InChI=1S/C15H24N4O/c1-10-3-2-4-11(7-10)5-6-18-14-8-12(15(17)20)13(16)9-19-14/h8-11H,2-7,16H2,1H3,(H2,17,20)(H,18,19). The molecular weight excluding hydrogens is 252 g/mol. The number of hydrogen-bond acceptors (Lipinski definition) is 4. The van der Waals surface area contributed by atoms with E-state index in [1.165, 1.54) is 31.9 Å². The molecule has 2 unspecified atom stereocenters. The first kappa shape index (κ1) is 14.6. The quantitative estimate of drug-likeness (QED) is 0.769. The van der Waals surface area contributed by atoms with Crippen LogP contribution in [0, 0.1) is 11.8 Å². The van der Waals surface area contributed by atoms with Gasteiger partial charge in [0.1, 0.15) is 5.82 Å². The van der Waals surface area contributed by atoms with Gasteiger partial charge in [-0.3, -0.25) is 4.79 Å². The monoisotopic (exact) mass is 276 g/mol. The average Bonchev–Trinajstić information content (AvgIpc) is 2.40. The number of primary amides is 1. The number of nitrogens with two attached hydrogens (primary N) is 2. The summed E-state index contributed by atoms with van der Waals surface area (Å²) in [6, 6.07) is 1.63. The Balaban J connectivity index is 1.85. The normalized spacial score (nSPS) is 22.4. The third-order valence-corrected chi connectivity index (χ3v) is 4.10. The smallest absolute Gasteiger partial charge is 0.250 e. The van der Waals surface area contributed by atoms with Gasteiger partial charge in [-0.25, -0.2) is 4.98 Å². The van der Waals surface area contributed by atoms with Crippen molar-refractivity contribution in [3.05, 3.63) is 17.8 Å². The first-order chi connectivity index (χ1) is 9.56. The third kappa shape index (κ3) is 3.85. The molecule has 1 heterocycles. The Morgan fingerprint density at radius 1 is 1.50 bits per heavy atom. The number of amides is 1. The Kier molecular flexibility index (Phi) is 4.82. The highest BCUT2D eigenvalue weighted by atomic mass is 16.1. The molecule has 2 rings (SSSR count). The zero-order chi connectivity index (χ0) is 14.5. The minimum atomic E-state index is -0.519. The molecule has 20 heavy (non-hydrogen) atoms. The second kappa shape index (κ2) is 6.59. The van der Waals surface area contributed by atoms with Crippen molar-refractivity contribution in [3.63, 3.8) is 0 Å². The van der Waals surface area contributed by atoms with Crippen molar-refractivity contribution < 1.29 is 4.79 Å². The molecule has 0 radical (unpaired) electrons. The number of carbonyl (C=O) groups excluding carboxylic acids is 1. The second-order valence-electron chi connectivity index (χ2n) is 5.87. The van der Waals surface area contributed by atoms with E-state index in [1.54, 1.807) is 6.07 Å². The summed E-state index contributed by atoms with van der Waals surface area (Å²) in [7, 11) is 0. The lowest BCUT2D eigenvalue weighted by Gasteiger charge is -2.26. The predicted octanol–water partition coefficient (Wildman–Crippen LogP) is 2.39. The van der Waals surface area contributed by atoms with Gasteiger partial charge >= 0.3 is 0 Å². The number of pyridine rings is 1. The van der Waals surface area contributed by atoms with Crippen LogP contribution in [0.1, 0.15) is 49.4 Å². The fraction of sp³-hybridized carbons (Fsp3) is 0.600. The van der Waals surface area contributed by atoms with E-state index in [0.717, 1.165) is 24.8 Å². The number of carbonyl (C=O) groups is 1. The van der Waals surface area contributed by atoms with Gasteiger partial charge in [0.15, 0.2) is 0 Å². The maximum atomic E-state index is 11.2. The van der Waals surface area contributed by atoms with Crippen LogP contribution in [0.3, 0.4) is 0 Å². The van der Waals surface area contributed by atoms with E-state index < -0.39 is 5.91 Å². The average molecular weight is 276 g/mol. The molecule has 110 valence electrons. The minimum absolute atomic E-state index is 0.323. The van der Waals surface area contributed by atoms with E-state index in [4.69, 9.17) is 11.5 Å². The Labute approximate surface area is 120 Å². The molecule has 5 N–H and O–H groups in total. The molecule has 0 spiro atoms. The maximum absolute atomic E-state index is 11.2. The Bertz CT molecular complexity index is 475. The molecule has 1 aromatic rings. The van der Waals surface area contributed by atoms with Crippen LogP contribution in [0.5, 0.6) is 0 Å². The van der Waals surface area contributed by atoms with Crippen molar-refractivity contribution >= 4 is 17.4 Å². The summed E-state index contributed by atoms with van der Waals surface area (Å²) in [6.45, 7) is 3.20. The third-order valence-electron chi connectivity index (χ3n) is 4.10. The first-order valence-corrected chi connectivity index (χ1v) is 7.35. The lowest BCUT2D eigenvalue weighted by Crippen LogP contribution is -2.18. The molecule has 0 aliphatic heterocycles. The van der Waals surface area contributed by atoms with Gasteiger partial charge in [0.2, 0.25) is 0 Å². The molecule has 1 aromatic heterocycles. The molecule has 1 fully saturated rings. The number of nitrogens with zero attached hydrogens (tertiary/aromatic N) is 1. The lowest BCUT2D eigenvalue weighted by atomic mass is 9.81. The minimum Gasteiger partial charge on any atom is -0.397 e. The molecule has 5 nitrogen and oxygen atoms in total. The van der Waals surface area contributed by atoms with E-state index in [9.17, 15) is 4.79 Å². The molecule has 2 atom stereocenters. The zero-order valence-corrected chi connectivity index (χ0v) is 12.1. The van der Waals surface area contributed by atoms with Gasteiger partial charge in [-0.2, -0.15) is 0 Å². The summed E-state index contributed by atoms with van der Waals surface area (Å²) in [6.07, 6.45) is 7.98. The molecule has 0 aromatic carbocycles. The summed E-state index contributed by atoms with van der Waals surface area (Å²) < 4.78 is 0. The highest BCUT2D eigenvalue weighted by Crippen LogP contribution is 2.30. The Hall–Kier alpha value is -1.78. The van der Waals surface area contributed by atoms with Crippen molar-refractivity contribution in [1.82, 2.24) is 4.98 Å². The number of anilines is 2. The molecule has 0 saturated heterocycles. The van der Waals surface area contributed by atoms with Crippen molar-refractivity contribution in [1.29, 1.82) is 0 Å². The lowest BCUT2D eigenvalue weighted by molar-refractivity contribution is 0.100. The first-order valence-electron chi connectivity index (χ1n) is 7.35. The molecule has 1 aliphatic rings. The highest BCUT2D eigenvalue weighted by Gasteiger charge is 2.18. The van der Waals surface area contributed by atoms with Crippen molar-refractivity contribution in [2.75, 3.05) is 17.6 Å². The molecule has 1 aliphatic carbocycles. The summed E-state index contributed by atoms with van der Waals surface area (Å²) in [5.41, 5.74) is 11.6. The van der Waals surface area contributed by atoms with Crippen LogP contribution in [0.25, 0.3) is 0 Å². The molecular formula is C15H24N4O. The van der Waals surface area contributed by atoms with E-state index in [1.807, 2.05) is 0 Å². The predicted molar refractivity (Wildman–Crippen MR) is 81.4 cm³/mol. The number of nitrogen functional groups attached to an aromatic ring is 1. The number of nitrogens with one attached hydrogen (secondary N) is 1. The highest BCUT2D eigenvalue weighted by molar-refractivity contribution is 5.98. The van der Waals surface area contributed by atoms with E-state index in [-0.39, 0.29) is 0 Å². The SMILES string of the molecule is CC1CCCC(CCNc2cc(C(N)=O)c(N)cn2)C1. The number of aromatic nitrogens is 1. The van der Waals surface area contributed by atoms with Crippen LogP contribution < -0.4 is 16.8 Å². The topological polar surface area (TPSA) is 94.0 Å². The fourth-order valence-corrected chi connectivity index (χ4v) is 3.00. The van der Waals surface area contributed by atoms with E-state index in [2.05, 4.69) is 17.2 Å². The largest absolute Gasteiger partial charge is 0.397 e. The second-order valence-corrected chi connectivity index (χ2v) is 5.87. The molecule has 1 amide bonds. The maximum Gasteiger partial charge on any atom is 0.250 e. The molecule has 5 heteroatoms. The van der Waals surface area contributed by atoms with Crippen LogP contribution in [0.2, 0.25) is 0 Å². The van der Waals surface area contributed by atoms with E-state index in [0.29, 0.717) is 17.1 Å². The van der Waals surface area contributed by atoms with Gasteiger partial charge in [0.05, 0.1) is 17.4 Å². The van der Waals surface area contributed by atoms with Crippen LogP contribution in [0.4, 0.5) is 11.5 Å². The van der Waals surface area contributed by atoms with Gasteiger partial charge in [0, 0.05) is 6.54 Å². The molecule has 0 bridgehead atoms. The van der Waals surface area contributed by atoms with Crippen molar-refractivity contribution in [2.24, 2.45) is 17.6 Å². The summed E-state index contributed by atoms with van der Waals surface area (Å²) in [5.74, 6) is 1.80. The van der Waals surface area contributed by atoms with Gasteiger partial charge in [-0.1, -0.05) is 26.2 Å². The van der Waals surface area contributed by atoms with Crippen LogP contribution >= 0.6 is 0 Å². The fourth-order valence-electron chi connectivity index (χ4n) is 3.00.